The van der Waals surface area contributed by atoms with Gasteiger partial charge in [0.25, 0.3) is 0 Å². The molecule has 0 amide bonds. The highest BCUT2D eigenvalue weighted by Crippen LogP contribution is 2.28. The fourth-order valence-corrected chi connectivity index (χ4v) is 1.86. The Bertz CT molecular complexity index is 451. The number of carbonyl (C=O) groups is 1. The zero-order valence-corrected chi connectivity index (χ0v) is 10.2. The minimum atomic E-state index is -0.522. The number of carbonyl (C=O) groups excluding carboxylic acids is 1. The average Bonchev–Trinajstić information content (AvgIpc) is 2.60. The molecule has 1 N–H and O–H groups in total. The van der Waals surface area contributed by atoms with E-state index in [9.17, 15) is 9.18 Å². The highest BCUT2D eigenvalue weighted by molar-refractivity contribution is 5.83. The van der Waals surface area contributed by atoms with Gasteiger partial charge >= 0.3 is 5.97 Å². The van der Waals surface area contributed by atoms with E-state index in [0.717, 1.165) is 0 Å². The summed E-state index contributed by atoms with van der Waals surface area (Å²) in [7, 11) is 0. The number of hydrogen-bond donors (Lipinski definition) is 1. The molecule has 1 aliphatic rings. The van der Waals surface area contributed by atoms with Gasteiger partial charge in [0.15, 0.2) is 0 Å². The van der Waals surface area contributed by atoms with Crippen LogP contribution in [0.1, 0.15) is 26.3 Å². The van der Waals surface area contributed by atoms with Gasteiger partial charge in [-0.1, -0.05) is 6.07 Å². The summed E-state index contributed by atoms with van der Waals surface area (Å²) >= 11 is 0. The number of halogens is 1. The second kappa shape index (κ2) is 4.02. The Morgan fingerprint density at radius 3 is 2.76 bits per heavy atom. The van der Waals surface area contributed by atoms with Crippen LogP contribution in [-0.4, -0.2) is 17.6 Å². The number of fused-ring (bicyclic) bond motifs is 1. The number of nitrogens with one attached hydrogen (secondary N) is 1. The lowest BCUT2D eigenvalue weighted by Crippen LogP contribution is -2.35. The second-order valence-electron chi connectivity index (χ2n) is 5.20. The van der Waals surface area contributed by atoms with Crippen molar-refractivity contribution in [2.75, 3.05) is 5.32 Å². The maximum Gasteiger partial charge on any atom is 0.329 e. The van der Waals surface area contributed by atoms with Crippen LogP contribution in [0.25, 0.3) is 0 Å². The van der Waals surface area contributed by atoms with E-state index < -0.39 is 11.6 Å². The fraction of sp³-hybridized carbons (Fsp3) is 0.462. The summed E-state index contributed by atoms with van der Waals surface area (Å²) in [6, 6.07) is 4.31. The van der Waals surface area contributed by atoms with Crippen molar-refractivity contribution in [1.29, 1.82) is 0 Å². The minimum Gasteiger partial charge on any atom is -0.458 e. The predicted octanol–water partition coefficient (Wildman–Crippen LogP) is 2.50. The van der Waals surface area contributed by atoms with Gasteiger partial charge in [-0.15, -0.1) is 0 Å². The third kappa shape index (κ3) is 2.57. The lowest BCUT2D eigenvalue weighted by Gasteiger charge is -2.22. The van der Waals surface area contributed by atoms with Crippen molar-refractivity contribution < 1.29 is 13.9 Å². The summed E-state index contributed by atoms with van der Waals surface area (Å²) < 4.78 is 18.7. The molecule has 1 aromatic carbocycles. The highest BCUT2D eigenvalue weighted by atomic mass is 19.1. The van der Waals surface area contributed by atoms with Crippen LogP contribution in [0.5, 0.6) is 0 Å². The zero-order chi connectivity index (χ0) is 12.6. The van der Waals surface area contributed by atoms with Gasteiger partial charge in [0.1, 0.15) is 17.5 Å². The summed E-state index contributed by atoms with van der Waals surface area (Å²) in [6.07, 6.45) is 0.344. The first-order chi connectivity index (χ1) is 7.87. The van der Waals surface area contributed by atoms with Gasteiger partial charge in [-0.2, -0.15) is 0 Å². The van der Waals surface area contributed by atoms with Crippen molar-refractivity contribution in [3.05, 3.63) is 29.6 Å². The number of ether oxygens (including phenoxy) is 1. The molecule has 0 radical (unpaired) electrons. The van der Waals surface area contributed by atoms with E-state index in [4.69, 9.17) is 4.74 Å². The van der Waals surface area contributed by atoms with E-state index in [1.54, 1.807) is 12.1 Å². The first-order valence-electron chi connectivity index (χ1n) is 5.63. The lowest BCUT2D eigenvalue weighted by atomic mass is 10.1. The largest absolute Gasteiger partial charge is 0.458 e. The topological polar surface area (TPSA) is 38.3 Å². The molecule has 1 atom stereocenters. The number of rotatable bonds is 1. The third-order valence-corrected chi connectivity index (χ3v) is 2.55. The van der Waals surface area contributed by atoms with Gasteiger partial charge in [0.2, 0.25) is 0 Å². The van der Waals surface area contributed by atoms with Crippen molar-refractivity contribution in [2.45, 2.75) is 38.8 Å². The Hall–Kier alpha value is -1.58. The molecule has 0 aliphatic carbocycles. The Morgan fingerprint density at radius 1 is 1.47 bits per heavy atom. The molecule has 0 fully saturated rings. The van der Waals surface area contributed by atoms with Crippen molar-refractivity contribution in [1.82, 2.24) is 0 Å². The van der Waals surface area contributed by atoms with Gasteiger partial charge in [-0.05, 0) is 32.9 Å². The lowest BCUT2D eigenvalue weighted by molar-refractivity contribution is -0.155. The Morgan fingerprint density at radius 2 is 2.18 bits per heavy atom. The van der Waals surface area contributed by atoms with Crippen LogP contribution in [0.4, 0.5) is 10.1 Å². The quantitative estimate of drug-likeness (QED) is 0.763. The molecule has 92 valence electrons. The van der Waals surface area contributed by atoms with Crippen molar-refractivity contribution in [2.24, 2.45) is 0 Å². The molecule has 0 bridgehead atoms. The van der Waals surface area contributed by atoms with E-state index in [2.05, 4.69) is 5.32 Å². The van der Waals surface area contributed by atoms with E-state index in [1.165, 1.54) is 6.07 Å². The molecule has 17 heavy (non-hydrogen) atoms. The zero-order valence-electron chi connectivity index (χ0n) is 10.2. The maximum absolute atomic E-state index is 13.5. The van der Waals surface area contributed by atoms with Gasteiger partial charge in [0.05, 0.1) is 0 Å². The van der Waals surface area contributed by atoms with E-state index in [0.29, 0.717) is 17.7 Å². The van der Waals surface area contributed by atoms with Crippen LogP contribution in [0.15, 0.2) is 18.2 Å². The number of benzene rings is 1. The second-order valence-corrected chi connectivity index (χ2v) is 5.20. The molecule has 0 spiro atoms. The van der Waals surface area contributed by atoms with Crippen molar-refractivity contribution in [3.8, 4) is 0 Å². The molecule has 2 rings (SSSR count). The third-order valence-electron chi connectivity index (χ3n) is 2.55. The smallest absolute Gasteiger partial charge is 0.329 e. The first-order valence-corrected chi connectivity index (χ1v) is 5.63. The average molecular weight is 237 g/mol. The molecule has 0 saturated carbocycles. The number of esters is 1. The van der Waals surface area contributed by atoms with Crippen molar-refractivity contribution in [3.63, 3.8) is 0 Å². The molecule has 0 saturated heterocycles. The molecule has 1 aliphatic heterocycles. The standard InChI is InChI=1S/C13H16FNO2/c1-13(2,3)17-12(16)11-7-8-9(14)5-4-6-10(8)15-11/h4-6,11,15H,7H2,1-3H3/t11-/m0/s1. The van der Waals surface area contributed by atoms with Crippen molar-refractivity contribution >= 4 is 11.7 Å². The summed E-state index contributed by atoms with van der Waals surface area (Å²) in [5.74, 6) is -0.617. The molecule has 1 heterocycles. The summed E-state index contributed by atoms with van der Waals surface area (Å²) in [5.41, 5.74) is 0.718. The van der Waals surface area contributed by atoms with Crippen LogP contribution in [0.2, 0.25) is 0 Å². The predicted molar refractivity (Wildman–Crippen MR) is 63.4 cm³/mol. The minimum absolute atomic E-state index is 0.277. The van der Waals surface area contributed by atoms with Crippen LogP contribution in [0.3, 0.4) is 0 Å². The Balaban J connectivity index is 2.10. The van der Waals surface area contributed by atoms with Crippen LogP contribution >= 0.6 is 0 Å². The summed E-state index contributed by atoms with van der Waals surface area (Å²) in [4.78, 5) is 11.8. The molecular weight excluding hydrogens is 221 g/mol. The summed E-state index contributed by atoms with van der Waals surface area (Å²) in [5, 5.41) is 2.98. The fourth-order valence-electron chi connectivity index (χ4n) is 1.86. The van der Waals surface area contributed by atoms with Crippen LogP contribution in [0, 0.1) is 5.82 Å². The van der Waals surface area contributed by atoms with E-state index in [1.807, 2.05) is 20.8 Å². The Kier molecular flexibility index (Phi) is 2.81. The van der Waals surface area contributed by atoms with Crippen LogP contribution < -0.4 is 5.32 Å². The van der Waals surface area contributed by atoms with Gasteiger partial charge in [-0.3, -0.25) is 0 Å². The van der Waals surface area contributed by atoms with E-state index in [-0.39, 0.29) is 11.8 Å². The number of hydrogen-bond acceptors (Lipinski definition) is 3. The Labute approximate surface area is 100.0 Å². The van der Waals surface area contributed by atoms with Gasteiger partial charge < -0.3 is 10.1 Å². The van der Waals surface area contributed by atoms with Gasteiger partial charge in [0, 0.05) is 17.7 Å². The summed E-state index contributed by atoms with van der Waals surface area (Å²) in [6.45, 7) is 5.44. The normalized spacial score (nSPS) is 18.5. The SMILES string of the molecule is CC(C)(C)OC(=O)[C@@H]1Cc2c(F)cccc2N1. The molecule has 4 heteroatoms. The monoisotopic (exact) mass is 237 g/mol. The molecule has 0 unspecified atom stereocenters. The molecule has 3 nitrogen and oxygen atoms in total. The number of anilines is 1. The molecular formula is C13H16FNO2. The molecule has 1 aromatic rings. The highest BCUT2D eigenvalue weighted by Gasteiger charge is 2.31. The van der Waals surface area contributed by atoms with Gasteiger partial charge in [-0.25, -0.2) is 9.18 Å². The maximum atomic E-state index is 13.5. The molecule has 0 aromatic heterocycles. The van der Waals surface area contributed by atoms with Crippen LogP contribution in [-0.2, 0) is 16.0 Å². The first kappa shape index (κ1) is 11.9. The van der Waals surface area contributed by atoms with E-state index >= 15 is 0 Å².